The van der Waals surface area contributed by atoms with Crippen LogP contribution in [0.5, 0.6) is 0 Å². The van der Waals surface area contributed by atoms with Crippen molar-refractivity contribution < 1.29 is 18.8 Å². The lowest BCUT2D eigenvalue weighted by atomic mass is 9.75. The molecule has 2 aromatic carbocycles. The van der Waals surface area contributed by atoms with Crippen molar-refractivity contribution in [3.8, 4) is 11.4 Å². The fraction of sp³-hybridized carbons (Fsp3) is 0.423. The molecule has 0 unspecified atom stereocenters. The van der Waals surface area contributed by atoms with Crippen molar-refractivity contribution in [2.24, 2.45) is 5.92 Å². The van der Waals surface area contributed by atoms with Crippen LogP contribution in [0, 0.1) is 11.7 Å². The number of aryl methyl sites for hydroxylation is 1. The Morgan fingerprint density at radius 1 is 1.12 bits per heavy atom. The van der Waals surface area contributed by atoms with Gasteiger partial charge in [0.15, 0.2) is 0 Å². The number of benzene rings is 2. The molecule has 6 nitrogen and oxygen atoms in total. The van der Waals surface area contributed by atoms with Gasteiger partial charge in [-0.25, -0.2) is 4.39 Å². The Bertz CT molecular complexity index is 1120. The molecule has 2 heterocycles. The Labute approximate surface area is 192 Å². The van der Waals surface area contributed by atoms with E-state index in [0.717, 1.165) is 55.3 Å². The van der Waals surface area contributed by atoms with E-state index in [4.69, 9.17) is 9.63 Å². The van der Waals surface area contributed by atoms with Crippen molar-refractivity contribution in [3.63, 3.8) is 0 Å². The zero-order chi connectivity index (χ0) is 22.8. The molecule has 33 heavy (non-hydrogen) atoms. The summed E-state index contributed by atoms with van der Waals surface area (Å²) in [7, 11) is 0. The molecule has 3 aromatic rings. The number of halogens is 1. The molecule has 5 rings (SSSR count). The highest BCUT2D eigenvalue weighted by Crippen LogP contribution is 2.45. The minimum atomic E-state index is -0.720. The predicted octanol–water partition coefficient (Wildman–Crippen LogP) is 4.84. The first-order valence-electron chi connectivity index (χ1n) is 11.6. The maximum Gasteiger partial charge on any atom is 0.309 e. The third-order valence-corrected chi connectivity index (χ3v) is 7.22. The molecule has 2 fully saturated rings. The third kappa shape index (κ3) is 4.55. The van der Waals surface area contributed by atoms with Crippen molar-refractivity contribution in [2.45, 2.75) is 50.5 Å². The molecule has 1 aliphatic heterocycles. The summed E-state index contributed by atoms with van der Waals surface area (Å²) in [4.78, 5) is 17.7. The Morgan fingerprint density at radius 3 is 2.55 bits per heavy atom. The first-order valence-corrected chi connectivity index (χ1v) is 11.6. The van der Waals surface area contributed by atoms with Gasteiger partial charge in [0.1, 0.15) is 5.82 Å². The molecule has 7 heteroatoms. The summed E-state index contributed by atoms with van der Waals surface area (Å²) < 4.78 is 20.1. The van der Waals surface area contributed by atoms with Crippen LogP contribution in [0.2, 0.25) is 0 Å². The van der Waals surface area contributed by atoms with Crippen molar-refractivity contribution in [1.82, 2.24) is 15.0 Å². The van der Waals surface area contributed by atoms with Gasteiger partial charge in [0.25, 0.3) is 0 Å². The second kappa shape index (κ2) is 9.06. The molecular formula is C26H28FN3O3. The maximum atomic E-state index is 14.5. The number of carboxylic acids is 1. The molecule has 1 saturated heterocycles. The lowest BCUT2D eigenvalue weighted by Crippen LogP contribution is -2.49. The van der Waals surface area contributed by atoms with Gasteiger partial charge < -0.3 is 9.63 Å². The van der Waals surface area contributed by atoms with Crippen molar-refractivity contribution in [3.05, 3.63) is 71.4 Å². The smallest absolute Gasteiger partial charge is 0.309 e. The summed E-state index contributed by atoms with van der Waals surface area (Å²) in [5, 5.41) is 13.2. The Morgan fingerprint density at radius 2 is 1.85 bits per heavy atom. The standard InChI is InChI=1S/C26H28FN3O3/c27-22-6-2-1-5-21(22)26(12-3-4-13-26)14-11-23-28-24(29-33-23)19-9-7-18(8-10-19)15-30-16-20(17-30)25(31)32/h1-2,5-10,20H,3-4,11-17H2,(H,31,32). The summed E-state index contributed by atoms with van der Waals surface area (Å²) >= 11 is 0. The minimum Gasteiger partial charge on any atom is -0.481 e. The summed E-state index contributed by atoms with van der Waals surface area (Å²) in [6, 6.07) is 15.1. The first-order chi connectivity index (χ1) is 16.0. The molecular weight excluding hydrogens is 421 g/mol. The molecule has 172 valence electrons. The highest BCUT2D eigenvalue weighted by atomic mass is 19.1. The third-order valence-electron chi connectivity index (χ3n) is 7.22. The monoisotopic (exact) mass is 449 g/mol. The van der Waals surface area contributed by atoms with E-state index in [0.29, 0.717) is 31.2 Å². The van der Waals surface area contributed by atoms with Crippen LogP contribution in [-0.2, 0) is 23.2 Å². The molecule has 0 atom stereocenters. The van der Waals surface area contributed by atoms with Gasteiger partial charge in [0, 0.05) is 31.6 Å². The number of hydrogen-bond acceptors (Lipinski definition) is 5. The molecule has 0 bridgehead atoms. The summed E-state index contributed by atoms with van der Waals surface area (Å²) in [6.07, 6.45) is 5.62. The van der Waals surface area contributed by atoms with E-state index in [9.17, 15) is 9.18 Å². The van der Waals surface area contributed by atoms with Gasteiger partial charge >= 0.3 is 5.97 Å². The van der Waals surface area contributed by atoms with Gasteiger partial charge in [-0.1, -0.05) is 60.5 Å². The molecule has 2 aliphatic rings. The topological polar surface area (TPSA) is 79.5 Å². The fourth-order valence-electron chi connectivity index (χ4n) is 5.29. The number of aromatic nitrogens is 2. The van der Waals surface area contributed by atoms with Crippen LogP contribution >= 0.6 is 0 Å². The maximum absolute atomic E-state index is 14.5. The Balaban J connectivity index is 1.21. The zero-order valence-electron chi connectivity index (χ0n) is 18.5. The quantitative estimate of drug-likeness (QED) is 0.530. The minimum absolute atomic E-state index is 0.123. The highest BCUT2D eigenvalue weighted by molar-refractivity contribution is 5.71. The summed E-state index contributed by atoms with van der Waals surface area (Å²) in [5.41, 5.74) is 2.66. The number of nitrogens with zero attached hydrogens (tertiary/aromatic N) is 3. The van der Waals surface area contributed by atoms with Crippen molar-refractivity contribution in [2.75, 3.05) is 13.1 Å². The molecule has 0 radical (unpaired) electrons. The molecule has 0 amide bonds. The predicted molar refractivity (Wildman–Crippen MR) is 121 cm³/mol. The van der Waals surface area contributed by atoms with Crippen LogP contribution in [-0.4, -0.2) is 39.2 Å². The van der Waals surface area contributed by atoms with E-state index in [1.807, 2.05) is 36.4 Å². The van der Waals surface area contributed by atoms with E-state index in [1.165, 1.54) is 0 Å². The first kappa shape index (κ1) is 21.8. The van der Waals surface area contributed by atoms with Crippen LogP contribution < -0.4 is 0 Å². The van der Waals surface area contributed by atoms with Crippen molar-refractivity contribution >= 4 is 5.97 Å². The van der Waals surface area contributed by atoms with Gasteiger partial charge in [0.2, 0.25) is 11.7 Å². The van der Waals surface area contributed by atoms with Crippen LogP contribution in [0.1, 0.15) is 49.1 Å². The number of carboxylic acid groups (broad SMARTS) is 1. The average molecular weight is 450 g/mol. The second-order valence-electron chi connectivity index (χ2n) is 9.41. The fourth-order valence-corrected chi connectivity index (χ4v) is 5.29. The number of carbonyl (C=O) groups is 1. The Kier molecular flexibility index (Phi) is 5.98. The number of likely N-dealkylation sites (tertiary alicyclic amines) is 1. The van der Waals surface area contributed by atoms with Crippen LogP contribution in [0.4, 0.5) is 4.39 Å². The Hall–Kier alpha value is -3.06. The largest absolute Gasteiger partial charge is 0.481 e. The molecule has 0 spiro atoms. The van der Waals surface area contributed by atoms with Gasteiger partial charge in [-0.3, -0.25) is 9.69 Å². The van der Waals surface area contributed by atoms with Crippen LogP contribution in [0.25, 0.3) is 11.4 Å². The average Bonchev–Trinajstić information content (AvgIpc) is 3.45. The lowest BCUT2D eigenvalue weighted by molar-refractivity contribution is -0.147. The zero-order valence-corrected chi connectivity index (χ0v) is 18.5. The van der Waals surface area contributed by atoms with E-state index >= 15 is 0 Å². The SMILES string of the molecule is O=C(O)C1CN(Cc2ccc(-c3noc(CCC4(c5ccccc5F)CCCC4)n3)cc2)C1. The number of hydrogen-bond donors (Lipinski definition) is 1. The van der Waals surface area contributed by atoms with Gasteiger partial charge in [-0.05, 0) is 41.9 Å². The lowest BCUT2D eigenvalue weighted by Gasteiger charge is -2.36. The van der Waals surface area contributed by atoms with Gasteiger partial charge in [-0.2, -0.15) is 4.98 Å². The molecule has 1 aromatic heterocycles. The van der Waals surface area contributed by atoms with Gasteiger partial charge in [-0.15, -0.1) is 0 Å². The molecule has 1 saturated carbocycles. The summed E-state index contributed by atoms with van der Waals surface area (Å²) in [6.45, 7) is 1.93. The van der Waals surface area contributed by atoms with Crippen molar-refractivity contribution in [1.29, 1.82) is 0 Å². The second-order valence-corrected chi connectivity index (χ2v) is 9.41. The normalized spacial score (nSPS) is 18.3. The number of aliphatic carboxylic acids is 1. The van der Waals surface area contributed by atoms with Crippen LogP contribution in [0.3, 0.4) is 0 Å². The van der Waals surface area contributed by atoms with Gasteiger partial charge in [0.05, 0.1) is 5.92 Å². The number of rotatable bonds is 8. The molecule has 1 N–H and O–H groups in total. The van der Waals surface area contributed by atoms with E-state index in [-0.39, 0.29) is 17.2 Å². The van der Waals surface area contributed by atoms with Crippen LogP contribution in [0.15, 0.2) is 53.1 Å². The summed E-state index contributed by atoms with van der Waals surface area (Å²) in [5.74, 6) is 0.0447. The van der Waals surface area contributed by atoms with E-state index in [2.05, 4.69) is 15.0 Å². The van der Waals surface area contributed by atoms with E-state index in [1.54, 1.807) is 12.1 Å². The highest BCUT2D eigenvalue weighted by Gasteiger charge is 2.37. The molecule has 1 aliphatic carbocycles. The van der Waals surface area contributed by atoms with E-state index < -0.39 is 5.97 Å².